The van der Waals surface area contributed by atoms with Gasteiger partial charge < -0.3 is 24.0 Å². The van der Waals surface area contributed by atoms with Crippen molar-refractivity contribution >= 4 is 29.5 Å². The summed E-state index contributed by atoms with van der Waals surface area (Å²) in [6, 6.07) is 11.1. The first kappa shape index (κ1) is 26.7. The van der Waals surface area contributed by atoms with Crippen molar-refractivity contribution in [3.05, 3.63) is 41.5 Å². The molecule has 3 aliphatic rings. The molecule has 3 aliphatic heterocycles. The summed E-state index contributed by atoms with van der Waals surface area (Å²) in [6.07, 6.45) is 2.73. The number of likely N-dealkylation sites (tertiary alicyclic amines) is 1. The first-order chi connectivity index (χ1) is 18.2. The van der Waals surface area contributed by atoms with E-state index in [1.54, 1.807) is 7.11 Å². The smallest absolute Gasteiger partial charge is 0.410 e. The third-order valence-corrected chi connectivity index (χ3v) is 8.78. The monoisotopic (exact) mass is 538 g/mol. The SMILES string of the molecule is COC(=O)CCc1cc(OC)ccc1-c1cc2c3c(c1)[C@@H]1CN(C(=O)OC(C)(C)C)CC[C@@H]1N3CCCS2. The van der Waals surface area contributed by atoms with E-state index in [2.05, 4.69) is 23.1 Å². The lowest BCUT2D eigenvalue weighted by Gasteiger charge is -2.39. The summed E-state index contributed by atoms with van der Waals surface area (Å²) in [6.45, 7) is 8.17. The van der Waals surface area contributed by atoms with Crippen LogP contribution in [0.3, 0.4) is 0 Å². The summed E-state index contributed by atoms with van der Waals surface area (Å²) in [5.74, 6) is 1.87. The molecular formula is C30H38N2O5S. The number of nitrogens with zero attached hydrogens (tertiary/aromatic N) is 2. The average Bonchev–Trinajstić information content (AvgIpc) is 3.04. The van der Waals surface area contributed by atoms with Crippen LogP contribution in [-0.2, 0) is 20.7 Å². The van der Waals surface area contributed by atoms with Crippen molar-refractivity contribution in [2.24, 2.45) is 0 Å². The summed E-state index contributed by atoms with van der Waals surface area (Å²) < 4.78 is 16.1. The van der Waals surface area contributed by atoms with Crippen LogP contribution < -0.4 is 9.64 Å². The number of methoxy groups -OCH3 is 2. The molecule has 1 amide bonds. The normalized spacial score (nSPS) is 20.3. The van der Waals surface area contributed by atoms with Gasteiger partial charge in [-0.15, -0.1) is 11.8 Å². The number of thioether (sulfide) groups is 1. The van der Waals surface area contributed by atoms with Gasteiger partial charge in [-0.1, -0.05) is 6.07 Å². The molecule has 0 radical (unpaired) electrons. The quantitative estimate of drug-likeness (QED) is 0.441. The van der Waals surface area contributed by atoms with Crippen molar-refractivity contribution in [2.75, 3.05) is 44.5 Å². The summed E-state index contributed by atoms with van der Waals surface area (Å²) >= 11 is 1.93. The van der Waals surface area contributed by atoms with Gasteiger partial charge in [0, 0.05) is 42.9 Å². The molecule has 0 unspecified atom stereocenters. The van der Waals surface area contributed by atoms with Crippen LogP contribution in [0.15, 0.2) is 35.2 Å². The van der Waals surface area contributed by atoms with Crippen LogP contribution in [0.25, 0.3) is 11.1 Å². The van der Waals surface area contributed by atoms with E-state index in [4.69, 9.17) is 14.2 Å². The Hall–Kier alpha value is -2.87. The number of carbonyl (C=O) groups excluding carboxylic acids is 2. The zero-order chi connectivity index (χ0) is 27.0. The molecule has 7 nitrogen and oxygen atoms in total. The summed E-state index contributed by atoms with van der Waals surface area (Å²) in [7, 11) is 3.08. The lowest BCUT2D eigenvalue weighted by atomic mass is 9.87. The van der Waals surface area contributed by atoms with Crippen LogP contribution in [0.2, 0.25) is 0 Å². The molecule has 0 bridgehead atoms. The Kier molecular flexibility index (Phi) is 7.54. The molecule has 204 valence electrons. The van der Waals surface area contributed by atoms with Crippen molar-refractivity contribution in [1.29, 1.82) is 0 Å². The topological polar surface area (TPSA) is 68.3 Å². The fourth-order valence-corrected chi connectivity index (χ4v) is 7.06. The zero-order valence-electron chi connectivity index (χ0n) is 23.0. The van der Waals surface area contributed by atoms with Crippen molar-refractivity contribution < 1.29 is 23.8 Å². The van der Waals surface area contributed by atoms with E-state index in [-0.39, 0.29) is 18.0 Å². The minimum atomic E-state index is -0.514. The standard InChI is InChI=1S/C30H38N2O5S/c1-30(2,3)37-29(34)31-13-11-25-24(18-31)23-16-20(17-26-28(23)32(25)12-6-14-38-26)22-9-8-21(35-4)15-19(22)7-10-27(33)36-5/h8-9,15-17,24-25H,6-7,10-14,18H2,1-5H3/t24-,25-/m0/s1. The van der Waals surface area contributed by atoms with Gasteiger partial charge in [0.15, 0.2) is 0 Å². The molecule has 0 N–H and O–H groups in total. The highest BCUT2D eigenvalue weighted by atomic mass is 32.2. The van der Waals surface area contributed by atoms with Gasteiger partial charge in [0.1, 0.15) is 11.4 Å². The van der Waals surface area contributed by atoms with Crippen LogP contribution in [0.1, 0.15) is 57.1 Å². The fraction of sp³-hybridized carbons (Fsp3) is 0.533. The Morgan fingerprint density at radius 2 is 1.92 bits per heavy atom. The number of fused-ring (bicyclic) bond motifs is 3. The number of carbonyl (C=O) groups is 2. The number of amides is 1. The molecule has 0 spiro atoms. The summed E-state index contributed by atoms with van der Waals surface area (Å²) in [5.41, 5.74) is 5.46. The second-order valence-electron chi connectivity index (χ2n) is 11.3. The Balaban J connectivity index is 1.54. The van der Waals surface area contributed by atoms with E-state index in [0.29, 0.717) is 32.0 Å². The molecule has 2 atom stereocenters. The predicted molar refractivity (Wildman–Crippen MR) is 150 cm³/mol. The largest absolute Gasteiger partial charge is 0.497 e. The van der Waals surface area contributed by atoms with Crippen LogP contribution in [-0.4, -0.2) is 68.2 Å². The molecule has 1 fully saturated rings. The molecule has 2 aromatic rings. The molecule has 2 aromatic carbocycles. The molecule has 0 saturated carbocycles. The second kappa shape index (κ2) is 10.7. The van der Waals surface area contributed by atoms with Crippen molar-refractivity contribution in [1.82, 2.24) is 4.90 Å². The Labute approximate surface area is 229 Å². The van der Waals surface area contributed by atoms with Crippen LogP contribution >= 0.6 is 11.8 Å². The number of ether oxygens (including phenoxy) is 3. The van der Waals surface area contributed by atoms with Crippen molar-refractivity contribution in [2.45, 2.75) is 68.9 Å². The number of benzene rings is 2. The maximum atomic E-state index is 13.0. The molecule has 0 aromatic heterocycles. The number of rotatable bonds is 5. The molecule has 38 heavy (non-hydrogen) atoms. The molecule has 3 heterocycles. The third kappa shape index (κ3) is 5.33. The van der Waals surface area contributed by atoms with Gasteiger partial charge in [-0.25, -0.2) is 4.79 Å². The molecule has 1 saturated heterocycles. The summed E-state index contributed by atoms with van der Waals surface area (Å²) in [5, 5.41) is 0. The maximum Gasteiger partial charge on any atom is 0.410 e. The van der Waals surface area contributed by atoms with E-state index < -0.39 is 5.60 Å². The molecule has 0 aliphatic carbocycles. The van der Waals surface area contributed by atoms with E-state index >= 15 is 0 Å². The zero-order valence-corrected chi connectivity index (χ0v) is 23.9. The van der Waals surface area contributed by atoms with Gasteiger partial charge in [0.25, 0.3) is 0 Å². The Bertz CT molecular complexity index is 1220. The molecular weight excluding hydrogens is 500 g/mol. The Morgan fingerprint density at radius 1 is 1.11 bits per heavy atom. The van der Waals surface area contributed by atoms with Crippen LogP contribution in [0, 0.1) is 0 Å². The van der Waals surface area contributed by atoms with Gasteiger partial charge in [0.05, 0.1) is 19.9 Å². The summed E-state index contributed by atoms with van der Waals surface area (Å²) in [4.78, 5) is 30.7. The fourth-order valence-electron chi connectivity index (χ4n) is 5.98. The minimum Gasteiger partial charge on any atom is -0.497 e. The highest BCUT2D eigenvalue weighted by Crippen LogP contribution is 2.52. The predicted octanol–water partition coefficient (Wildman–Crippen LogP) is 5.88. The van der Waals surface area contributed by atoms with Crippen molar-refractivity contribution in [3.8, 4) is 16.9 Å². The maximum absolute atomic E-state index is 13.0. The van der Waals surface area contributed by atoms with Gasteiger partial charge in [-0.2, -0.15) is 0 Å². The number of esters is 1. The lowest BCUT2D eigenvalue weighted by Crippen LogP contribution is -2.49. The van der Waals surface area contributed by atoms with Crippen LogP contribution in [0.4, 0.5) is 10.5 Å². The third-order valence-electron chi connectivity index (χ3n) is 7.67. The van der Waals surface area contributed by atoms with Gasteiger partial charge in [-0.3, -0.25) is 4.79 Å². The molecule has 5 rings (SSSR count). The Morgan fingerprint density at radius 3 is 2.66 bits per heavy atom. The van der Waals surface area contributed by atoms with Crippen molar-refractivity contribution in [3.63, 3.8) is 0 Å². The highest BCUT2D eigenvalue weighted by Gasteiger charge is 2.45. The van der Waals surface area contributed by atoms with E-state index in [1.807, 2.05) is 49.6 Å². The number of piperidine rings is 1. The lowest BCUT2D eigenvalue weighted by molar-refractivity contribution is -0.140. The molecule has 8 heteroatoms. The first-order valence-corrected chi connectivity index (χ1v) is 14.5. The van der Waals surface area contributed by atoms with E-state index in [0.717, 1.165) is 47.6 Å². The first-order valence-electron chi connectivity index (χ1n) is 13.5. The van der Waals surface area contributed by atoms with Gasteiger partial charge >= 0.3 is 12.1 Å². The van der Waals surface area contributed by atoms with E-state index in [9.17, 15) is 9.59 Å². The van der Waals surface area contributed by atoms with Crippen LogP contribution in [0.5, 0.6) is 5.75 Å². The highest BCUT2D eigenvalue weighted by molar-refractivity contribution is 7.99. The number of hydrogen-bond acceptors (Lipinski definition) is 7. The minimum absolute atomic E-state index is 0.224. The van der Waals surface area contributed by atoms with E-state index in [1.165, 1.54) is 23.3 Å². The number of hydrogen-bond donors (Lipinski definition) is 0. The second-order valence-corrected chi connectivity index (χ2v) is 12.4. The van der Waals surface area contributed by atoms with Gasteiger partial charge in [0.2, 0.25) is 0 Å². The van der Waals surface area contributed by atoms with Gasteiger partial charge in [-0.05, 0) is 92.3 Å². The number of anilines is 1. The average molecular weight is 539 g/mol. The number of aryl methyl sites for hydroxylation is 1.